The van der Waals surface area contributed by atoms with Crippen molar-refractivity contribution in [3.05, 3.63) is 29.8 Å². The number of thioether (sulfide) groups is 1. The van der Waals surface area contributed by atoms with Crippen LogP contribution in [-0.4, -0.2) is 87.1 Å². The average Bonchev–Trinajstić information content (AvgIpc) is 2.87. The zero-order valence-electron chi connectivity index (χ0n) is 21.4. The lowest BCUT2D eigenvalue weighted by atomic mass is 10.0. The van der Waals surface area contributed by atoms with Crippen LogP contribution in [0.4, 0.5) is 0 Å². The molecule has 4 unspecified atom stereocenters. The van der Waals surface area contributed by atoms with Gasteiger partial charge in [0.1, 0.15) is 23.9 Å². The summed E-state index contributed by atoms with van der Waals surface area (Å²) in [5, 5.41) is 34.9. The van der Waals surface area contributed by atoms with Crippen LogP contribution in [0.5, 0.6) is 5.75 Å². The van der Waals surface area contributed by atoms with Crippen LogP contribution in [0.3, 0.4) is 0 Å². The molecule has 1 aromatic carbocycles. The van der Waals surface area contributed by atoms with Crippen LogP contribution in [0.2, 0.25) is 0 Å². The molecule has 0 spiro atoms. The van der Waals surface area contributed by atoms with E-state index < -0.39 is 72.6 Å². The molecule has 14 nitrogen and oxygen atoms in total. The van der Waals surface area contributed by atoms with Gasteiger partial charge in [0.15, 0.2) is 0 Å². The minimum absolute atomic E-state index is 0.0121. The van der Waals surface area contributed by atoms with Gasteiger partial charge < -0.3 is 42.7 Å². The Morgan fingerprint density at radius 2 is 1.36 bits per heavy atom. The SMILES string of the molecule is CSCCC(N)C(=O)NC(Cc1ccc(O)cc1)C(=O)NC(CCC(N)=O)C(=O)NC(CCC(=O)O)C(=O)O. The van der Waals surface area contributed by atoms with Gasteiger partial charge >= 0.3 is 11.9 Å². The van der Waals surface area contributed by atoms with Gasteiger partial charge in [0.2, 0.25) is 23.6 Å². The number of phenols is 1. The van der Waals surface area contributed by atoms with Gasteiger partial charge in [-0.05, 0) is 49.0 Å². The van der Waals surface area contributed by atoms with Gasteiger partial charge in [0, 0.05) is 19.3 Å². The highest BCUT2D eigenvalue weighted by Crippen LogP contribution is 2.12. The van der Waals surface area contributed by atoms with Gasteiger partial charge in [0.25, 0.3) is 0 Å². The molecule has 1 rings (SSSR count). The molecular weight excluding hydrogens is 534 g/mol. The highest BCUT2D eigenvalue weighted by atomic mass is 32.2. The van der Waals surface area contributed by atoms with Crippen LogP contribution in [0.1, 0.15) is 37.7 Å². The van der Waals surface area contributed by atoms with E-state index in [1.807, 2.05) is 6.26 Å². The maximum atomic E-state index is 13.3. The Hall–Kier alpha value is -3.85. The molecule has 4 amide bonds. The standard InChI is InChI=1S/C24H35N5O9S/c1-39-11-10-15(25)21(34)29-18(12-13-2-4-14(30)5-3-13)23(36)27-16(6-8-19(26)31)22(35)28-17(24(37)38)7-9-20(32)33/h2-5,15-18,30H,6-12,25H2,1H3,(H2,26,31)(H,27,36)(H,28,35)(H,29,34)(H,32,33)(H,37,38). The Kier molecular flexibility index (Phi) is 14.4. The third-order valence-electron chi connectivity index (χ3n) is 5.55. The molecule has 0 fully saturated rings. The summed E-state index contributed by atoms with van der Waals surface area (Å²) < 4.78 is 0. The number of carboxylic acids is 2. The number of carbonyl (C=O) groups is 6. The van der Waals surface area contributed by atoms with E-state index in [2.05, 4.69) is 16.0 Å². The fraction of sp³-hybridized carbons (Fsp3) is 0.500. The number of aliphatic carboxylic acids is 2. The summed E-state index contributed by atoms with van der Waals surface area (Å²) in [6, 6.07) is 0.718. The normalized spacial score (nSPS) is 13.8. The summed E-state index contributed by atoms with van der Waals surface area (Å²) >= 11 is 1.49. The summed E-state index contributed by atoms with van der Waals surface area (Å²) in [4.78, 5) is 72.5. The monoisotopic (exact) mass is 569 g/mol. The first-order valence-electron chi connectivity index (χ1n) is 12.0. The maximum Gasteiger partial charge on any atom is 0.326 e. The van der Waals surface area contributed by atoms with Gasteiger partial charge in [0.05, 0.1) is 6.04 Å². The molecule has 0 saturated carbocycles. The molecule has 4 atom stereocenters. The van der Waals surface area contributed by atoms with E-state index in [0.717, 1.165) is 0 Å². The molecule has 0 bridgehead atoms. The third-order valence-corrected chi connectivity index (χ3v) is 6.20. The number of hydrogen-bond acceptors (Lipinski definition) is 9. The minimum Gasteiger partial charge on any atom is -0.508 e. The van der Waals surface area contributed by atoms with Crippen molar-refractivity contribution < 1.29 is 44.1 Å². The molecule has 0 aliphatic rings. The largest absolute Gasteiger partial charge is 0.508 e. The minimum atomic E-state index is -1.57. The quantitative estimate of drug-likeness (QED) is 0.103. The highest BCUT2D eigenvalue weighted by Gasteiger charge is 2.31. The van der Waals surface area contributed by atoms with Crippen LogP contribution in [0.25, 0.3) is 0 Å². The van der Waals surface area contributed by atoms with Gasteiger partial charge in [-0.3, -0.25) is 24.0 Å². The highest BCUT2D eigenvalue weighted by molar-refractivity contribution is 7.98. The first-order chi connectivity index (χ1) is 18.3. The molecule has 216 valence electrons. The number of benzene rings is 1. The number of nitrogens with one attached hydrogen (secondary N) is 3. The molecule has 15 heteroatoms. The fourth-order valence-corrected chi connectivity index (χ4v) is 3.85. The number of aromatic hydroxyl groups is 1. The predicted molar refractivity (Wildman–Crippen MR) is 142 cm³/mol. The third kappa shape index (κ3) is 13.0. The summed E-state index contributed by atoms with van der Waals surface area (Å²) in [6.07, 6.45) is 0.572. The van der Waals surface area contributed by atoms with E-state index in [4.69, 9.17) is 16.6 Å². The van der Waals surface area contributed by atoms with E-state index in [9.17, 15) is 39.0 Å². The molecule has 0 aliphatic heterocycles. The molecule has 0 aromatic heterocycles. The molecule has 10 N–H and O–H groups in total. The second kappa shape index (κ2) is 16.9. The zero-order chi connectivity index (χ0) is 29.5. The second-order valence-electron chi connectivity index (χ2n) is 8.72. The van der Waals surface area contributed by atoms with Crippen LogP contribution < -0.4 is 27.4 Å². The molecule has 39 heavy (non-hydrogen) atoms. The van der Waals surface area contributed by atoms with E-state index in [1.165, 1.54) is 36.0 Å². The Labute approximate surface area is 229 Å². The Balaban J connectivity index is 3.14. The summed E-state index contributed by atoms with van der Waals surface area (Å²) in [7, 11) is 0. The Morgan fingerprint density at radius 1 is 0.821 bits per heavy atom. The van der Waals surface area contributed by atoms with Gasteiger partial charge in [-0.2, -0.15) is 11.8 Å². The van der Waals surface area contributed by atoms with Crippen molar-refractivity contribution in [1.29, 1.82) is 0 Å². The van der Waals surface area contributed by atoms with Crippen molar-refractivity contribution in [1.82, 2.24) is 16.0 Å². The topological polar surface area (TPSA) is 251 Å². The van der Waals surface area contributed by atoms with Crippen molar-refractivity contribution in [2.75, 3.05) is 12.0 Å². The van der Waals surface area contributed by atoms with Crippen LogP contribution >= 0.6 is 11.8 Å². The molecule has 0 saturated heterocycles. The van der Waals surface area contributed by atoms with Crippen molar-refractivity contribution in [3.8, 4) is 5.75 Å². The van der Waals surface area contributed by atoms with Crippen molar-refractivity contribution >= 4 is 47.3 Å². The first kappa shape index (κ1) is 33.2. The number of hydrogen-bond donors (Lipinski definition) is 8. The molecule has 0 radical (unpaired) electrons. The fourth-order valence-electron chi connectivity index (χ4n) is 3.36. The van der Waals surface area contributed by atoms with Crippen molar-refractivity contribution in [3.63, 3.8) is 0 Å². The average molecular weight is 570 g/mol. The molecule has 0 heterocycles. The Morgan fingerprint density at radius 3 is 1.90 bits per heavy atom. The van der Waals surface area contributed by atoms with E-state index >= 15 is 0 Å². The smallest absolute Gasteiger partial charge is 0.326 e. The number of carbonyl (C=O) groups excluding carboxylic acids is 4. The lowest BCUT2D eigenvalue weighted by Crippen LogP contribution is -2.57. The van der Waals surface area contributed by atoms with Gasteiger partial charge in [-0.25, -0.2) is 4.79 Å². The maximum absolute atomic E-state index is 13.3. The number of nitrogens with two attached hydrogens (primary N) is 2. The number of primary amides is 1. The number of amides is 4. The first-order valence-corrected chi connectivity index (χ1v) is 13.4. The lowest BCUT2D eigenvalue weighted by molar-refractivity contribution is -0.143. The van der Waals surface area contributed by atoms with E-state index in [1.54, 1.807) is 0 Å². The Bertz CT molecular complexity index is 1020. The van der Waals surface area contributed by atoms with E-state index in [-0.39, 0.29) is 25.0 Å². The summed E-state index contributed by atoms with van der Waals surface area (Å²) in [5.41, 5.74) is 11.7. The van der Waals surface area contributed by atoms with Crippen molar-refractivity contribution in [2.45, 2.75) is 62.7 Å². The zero-order valence-corrected chi connectivity index (χ0v) is 22.2. The van der Waals surface area contributed by atoms with Crippen molar-refractivity contribution in [2.24, 2.45) is 11.5 Å². The van der Waals surface area contributed by atoms with Gasteiger partial charge in [-0.15, -0.1) is 0 Å². The lowest BCUT2D eigenvalue weighted by Gasteiger charge is -2.25. The molecule has 0 aliphatic carbocycles. The van der Waals surface area contributed by atoms with E-state index in [0.29, 0.717) is 17.7 Å². The molecular formula is C24H35N5O9S. The number of carboxylic acid groups (broad SMARTS) is 2. The second-order valence-corrected chi connectivity index (χ2v) is 9.70. The summed E-state index contributed by atoms with van der Waals surface area (Å²) in [5.74, 6) is -5.35. The molecule has 1 aromatic rings. The number of phenolic OH excluding ortho intramolecular Hbond substituents is 1. The van der Waals surface area contributed by atoms with Crippen LogP contribution in [0.15, 0.2) is 24.3 Å². The van der Waals surface area contributed by atoms with Gasteiger partial charge in [-0.1, -0.05) is 12.1 Å². The van der Waals surface area contributed by atoms with Crippen LogP contribution in [-0.2, 0) is 35.2 Å². The van der Waals surface area contributed by atoms with Crippen LogP contribution in [0, 0.1) is 0 Å². The number of rotatable bonds is 18. The summed E-state index contributed by atoms with van der Waals surface area (Å²) in [6.45, 7) is 0. The predicted octanol–water partition coefficient (Wildman–Crippen LogP) is -1.32.